The van der Waals surface area contributed by atoms with Gasteiger partial charge in [-0.25, -0.2) is 0 Å². The summed E-state index contributed by atoms with van der Waals surface area (Å²) in [6.07, 6.45) is 0. The third-order valence-corrected chi connectivity index (χ3v) is 0.872. The Morgan fingerprint density at radius 1 is 2.00 bits per heavy atom. The fourth-order valence-corrected chi connectivity index (χ4v) is 0.432. The zero-order valence-electron chi connectivity index (χ0n) is 4.03. The normalized spacial score (nSPS) is 28.2. The molecule has 1 heterocycles. The number of nitrogens with zero attached hydrogens (tertiary/aromatic N) is 1. The number of nitro groups is 1. The highest BCUT2D eigenvalue weighted by molar-refractivity contribution is 4.71. The van der Waals surface area contributed by atoms with Crippen molar-refractivity contribution in [1.29, 1.82) is 0 Å². The largest absolute Gasteiger partial charge is 0.288 e. The Hall–Kier alpha value is -0.680. The van der Waals surface area contributed by atoms with Crippen LogP contribution in [0.25, 0.3) is 0 Å². The Balaban J connectivity index is 2.35. The van der Waals surface area contributed by atoms with Gasteiger partial charge in [-0.2, -0.15) is 5.48 Å². The zero-order chi connectivity index (χ0) is 5.98. The van der Waals surface area contributed by atoms with Crippen LogP contribution in [-0.4, -0.2) is 17.5 Å². The van der Waals surface area contributed by atoms with Crippen molar-refractivity contribution in [2.24, 2.45) is 0 Å². The predicted octanol–water partition coefficient (Wildman–Crippen LogP) is -0.672. The van der Waals surface area contributed by atoms with E-state index in [9.17, 15) is 10.1 Å². The molecule has 1 N–H and O–H groups in total. The minimum Gasteiger partial charge on any atom is -0.288 e. The first kappa shape index (κ1) is 5.46. The Morgan fingerprint density at radius 3 is 3.00 bits per heavy atom. The molecule has 0 amide bonds. The van der Waals surface area contributed by atoms with E-state index in [4.69, 9.17) is 0 Å². The fourth-order valence-electron chi connectivity index (χ4n) is 0.432. The maximum atomic E-state index is 9.86. The molecule has 5 nitrogen and oxygen atoms in total. The SMILES string of the molecule is O=[N+]([O-])C1[CH]ONC1. The molecule has 1 radical (unpaired) electrons. The highest BCUT2D eigenvalue weighted by atomic mass is 16.7. The summed E-state index contributed by atoms with van der Waals surface area (Å²) < 4.78 is 0. The lowest BCUT2D eigenvalue weighted by Gasteiger charge is -1.91. The van der Waals surface area contributed by atoms with Crippen LogP contribution in [0.2, 0.25) is 0 Å². The first-order valence-electron chi connectivity index (χ1n) is 2.16. The van der Waals surface area contributed by atoms with Crippen LogP contribution in [0.5, 0.6) is 0 Å². The Bertz CT molecular complexity index is 98.7. The van der Waals surface area contributed by atoms with E-state index < -0.39 is 11.0 Å². The van der Waals surface area contributed by atoms with Crippen LogP contribution in [0.1, 0.15) is 0 Å². The summed E-state index contributed by atoms with van der Waals surface area (Å²) >= 11 is 0. The molecule has 0 aromatic carbocycles. The van der Waals surface area contributed by atoms with Crippen molar-refractivity contribution in [3.8, 4) is 0 Å². The number of hydroxylamine groups is 1. The Morgan fingerprint density at radius 2 is 2.75 bits per heavy atom. The monoisotopic (exact) mass is 117 g/mol. The zero-order valence-corrected chi connectivity index (χ0v) is 4.03. The smallest absolute Gasteiger partial charge is 0.258 e. The van der Waals surface area contributed by atoms with E-state index in [1.807, 2.05) is 0 Å². The van der Waals surface area contributed by atoms with Crippen molar-refractivity contribution in [3.05, 3.63) is 16.7 Å². The molecule has 0 aliphatic carbocycles. The lowest BCUT2D eigenvalue weighted by molar-refractivity contribution is -0.509. The summed E-state index contributed by atoms with van der Waals surface area (Å²) in [6, 6.07) is -0.671. The number of rotatable bonds is 1. The van der Waals surface area contributed by atoms with E-state index in [2.05, 4.69) is 10.3 Å². The summed E-state index contributed by atoms with van der Waals surface area (Å²) in [5, 5.41) is 9.86. The van der Waals surface area contributed by atoms with E-state index in [-0.39, 0.29) is 6.54 Å². The highest BCUT2D eigenvalue weighted by Gasteiger charge is 2.26. The molecule has 5 heteroatoms. The summed E-state index contributed by atoms with van der Waals surface area (Å²) in [5.74, 6) is 0. The summed E-state index contributed by atoms with van der Waals surface area (Å²) in [6.45, 7) is 1.44. The molecule has 0 bridgehead atoms. The molecular weight excluding hydrogens is 112 g/mol. The standard InChI is InChI=1S/C3H5N2O3/c6-5(7)3-1-4-8-2-3/h2-4H,1H2. The molecule has 0 aromatic rings. The average molecular weight is 117 g/mol. The van der Waals surface area contributed by atoms with Gasteiger partial charge in [-0.05, 0) is 0 Å². The van der Waals surface area contributed by atoms with Gasteiger partial charge >= 0.3 is 0 Å². The van der Waals surface area contributed by atoms with Crippen molar-refractivity contribution in [3.63, 3.8) is 0 Å². The van der Waals surface area contributed by atoms with E-state index in [1.54, 1.807) is 0 Å². The van der Waals surface area contributed by atoms with Gasteiger partial charge in [0, 0.05) is 4.92 Å². The maximum absolute atomic E-state index is 9.86. The van der Waals surface area contributed by atoms with Gasteiger partial charge in [0.2, 0.25) is 0 Å². The van der Waals surface area contributed by atoms with E-state index in [0.717, 1.165) is 0 Å². The minimum atomic E-state index is -0.671. The first-order chi connectivity index (χ1) is 3.80. The number of nitrogens with one attached hydrogen (secondary N) is 1. The number of hydrogen-bond acceptors (Lipinski definition) is 4. The second kappa shape index (κ2) is 2.06. The molecule has 1 saturated heterocycles. The molecule has 1 rings (SSSR count). The van der Waals surface area contributed by atoms with Crippen molar-refractivity contribution in [2.45, 2.75) is 6.04 Å². The van der Waals surface area contributed by atoms with Crippen molar-refractivity contribution >= 4 is 0 Å². The number of hydrogen-bond donors (Lipinski definition) is 1. The molecule has 0 aromatic heterocycles. The molecule has 1 fully saturated rings. The second-order valence-corrected chi connectivity index (χ2v) is 1.46. The predicted molar refractivity (Wildman–Crippen MR) is 24.2 cm³/mol. The molecule has 0 saturated carbocycles. The molecule has 1 aliphatic heterocycles. The fraction of sp³-hybridized carbons (Fsp3) is 0.667. The topological polar surface area (TPSA) is 64.4 Å². The van der Waals surface area contributed by atoms with Gasteiger partial charge in [0.15, 0.2) is 6.61 Å². The van der Waals surface area contributed by atoms with Crippen LogP contribution < -0.4 is 5.48 Å². The third-order valence-electron chi connectivity index (χ3n) is 0.872. The summed E-state index contributed by atoms with van der Waals surface area (Å²) in [5.41, 5.74) is 2.36. The van der Waals surface area contributed by atoms with Crippen molar-refractivity contribution in [2.75, 3.05) is 6.54 Å². The van der Waals surface area contributed by atoms with Gasteiger partial charge in [-0.15, -0.1) is 0 Å². The van der Waals surface area contributed by atoms with Gasteiger partial charge in [0.25, 0.3) is 6.04 Å². The minimum absolute atomic E-state index is 0.271. The molecule has 1 atom stereocenters. The van der Waals surface area contributed by atoms with Gasteiger partial charge in [0.05, 0.1) is 6.54 Å². The van der Waals surface area contributed by atoms with Crippen LogP contribution in [0.15, 0.2) is 0 Å². The van der Waals surface area contributed by atoms with Gasteiger partial charge in [0.1, 0.15) is 0 Å². The van der Waals surface area contributed by atoms with E-state index in [0.29, 0.717) is 0 Å². The maximum Gasteiger partial charge on any atom is 0.258 e. The van der Waals surface area contributed by atoms with Crippen molar-refractivity contribution < 1.29 is 9.76 Å². The van der Waals surface area contributed by atoms with Gasteiger partial charge in [-0.3, -0.25) is 15.0 Å². The molecule has 8 heavy (non-hydrogen) atoms. The van der Waals surface area contributed by atoms with Gasteiger partial charge < -0.3 is 0 Å². The molecule has 1 aliphatic rings. The Kier molecular flexibility index (Phi) is 1.40. The molecule has 0 spiro atoms. The Labute approximate surface area is 45.7 Å². The lowest BCUT2D eigenvalue weighted by Crippen LogP contribution is -2.21. The van der Waals surface area contributed by atoms with Crippen LogP contribution in [0.3, 0.4) is 0 Å². The van der Waals surface area contributed by atoms with E-state index >= 15 is 0 Å². The van der Waals surface area contributed by atoms with Crippen LogP contribution in [0, 0.1) is 16.7 Å². The third kappa shape index (κ3) is 0.932. The summed E-state index contributed by atoms with van der Waals surface area (Å²) in [7, 11) is 0. The second-order valence-electron chi connectivity index (χ2n) is 1.46. The molecular formula is C3H5N2O3. The summed E-state index contributed by atoms with van der Waals surface area (Å²) in [4.78, 5) is 13.9. The molecule has 1 unspecified atom stereocenters. The average Bonchev–Trinajstić information content (AvgIpc) is 2.12. The van der Waals surface area contributed by atoms with Crippen LogP contribution in [0.4, 0.5) is 0 Å². The van der Waals surface area contributed by atoms with Crippen LogP contribution in [-0.2, 0) is 4.84 Å². The molecule has 45 valence electrons. The quantitative estimate of drug-likeness (QED) is 0.365. The first-order valence-corrected chi connectivity index (χ1v) is 2.16. The highest BCUT2D eigenvalue weighted by Crippen LogP contribution is 1.99. The van der Waals surface area contributed by atoms with Crippen LogP contribution >= 0.6 is 0 Å². The van der Waals surface area contributed by atoms with Gasteiger partial charge in [-0.1, -0.05) is 0 Å². The van der Waals surface area contributed by atoms with Crippen molar-refractivity contribution in [1.82, 2.24) is 5.48 Å². The lowest BCUT2D eigenvalue weighted by atomic mass is 10.4. The van der Waals surface area contributed by atoms with E-state index in [1.165, 1.54) is 6.61 Å².